The van der Waals surface area contributed by atoms with E-state index in [0.717, 1.165) is 17.5 Å². The van der Waals surface area contributed by atoms with Gasteiger partial charge in [-0.15, -0.1) is 0 Å². The third-order valence-corrected chi connectivity index (χ3v) is 4.55. The third-order valence-electron chi connectivity index (χ3n) is 4.55. The van der Waals surface area contributed by atoms with Gasteiger partial charge in [-0.05, 0) is 62.6 Å². The van der Waals surface area contributed by atoms with Crippen LogP contribution in [0.4, 0.5) is 10.5 Å². The molecule has 140 valence electrons. The van der Waals surface area contributed by atoms with Crippen molar-refractivity contribution in [2.24, 2.45) is 0 Å². The lowest BCUT2D eigenvalue weighted by Crippen LogP contribution is -2.35. The van der Waals surface area contributed by atoms with E-state index in [-0.39, 0.29) is 12.1 Å². The number of hydrogen-bond donors (Lipinski definition) is 2. The molecule has 1 aromatic heterocycles. The van der Waals surface area contributed by atoms with Crippen molar-refractivity contribution in [1.29, 1.82) is 0 Å². The monoisotopic (exact) mass is 364 g/mol. The van der Waals surface area contributed by atoms with E-state index in [0.29, 0.717) is 17.4 Å². The summed E-state index contributed by atoms with van der Waals surface area (Å²) in [5.41, 5.74) is 4.72. The first-order valence-electron chi connectivity index (χ1n) is 9.05. The van der Waals surface area contributed by atoms with Crippen LogP contribution in [0.3, 0.4) is 0 Å². The maximum atomic E-state index is 12.0. The van der Waals surface area contributed by atoms with Crippen molar-refractivity contribution in [1.82, 2.24) is 15.5 Å². The molecule has 0 fully saturated rings. The molecule has 0 aliphatic heterocycles. The molecule has 0 saturated heterocycles. The summed E-state index contributed by atoms with van der Waals surface area (Å²) < 4.78 is 5.43. The molecule has 3 aromatic rings. The second kappa shape index (κ2) is 8.03. The van der Waals surface area contributed by atoms with E-state index in [1.54, 1.807) is 0 Å². The lowest BCUT2D eigenvalue weighted by molar-refractivity contribution is 0.249. The van der Waals surface area contributed by atoms with Crippen molar-refractivity contribution < 1.29 is 9.32 Å². The van der Waals surface area contributed by atoms with Crippen molar-refractivity contribution in [3.05, 3.63) is 53.6 Å². The minimum absolute atomic E-state index is 0.117. The summed E-state index contributed by atoms with van der Waals surface area (Å²) >= 11 is 0. The molecule has 2 amide bonds. The number of nitrogens with zero attached hydrogens (tertiary/aromatic N) is 2. The molecule has 6 nitrogen and oxygen atoms in total. The van der Waals surface area contributed by atoms with E-state index in [9.17, 15) is 4.79 Å². The molecule has 27 heavy (non-hydrogen) atoms. The van der Waals surface area contributed by atoms with Crippen molar-refractivity contribution in [3.63, 3.8) is 0 Å². The van der Waals surface area contributed by atoms with Crippen LogP contribution in [0.25, 0.3) is 22.8 Å². The first-order valence-corrected chi connectivity index (χ1v) is 9.05. The zero-order valence-corrected chi connectivity index (χ0v) is 16.0. The van der Waals surface area contributed by atoms with Crippen molar-refractivity contribution in [3.8, 4) is 22.8 Å². The average Bonchev–Trinajstić information content (AvgIpc) is 3.14. The Morgan fingerprint density at radius 1 is 1.11 bits per heavy atom. The Bertz CT molecular complexity index is 949. The van der Waals surface area contributed by atoms with E-state index in [4.69, 9.17) is 4.52 Å². The number of aryl methyl sites for hydroxylation is 2. The summed E-state index contributed by atoms with van der Waals surface area (Å²) in [4.78, 5) is 16.5. The minimum Gasteiger partial charge on any atom is -0.335 e. The number of anilines is 1. The highest BCUT2D eigenvalue weighted by Crippen LogP contribution is 2.25. The van der Waals surface area contributed by atoms with E-state index < -0.39 is 0 Å². The Balaban J connectivity index is 1.78. The molecular formula is C21H24N4O2. The van der Waals surface area contributed by atoms with E-state index >= 15 is 0 Å². The maximum Gasteiger partial charge on any atom is 0.319 e. The Labute approximate surface area is 159 Å². The molecule has 1 heterocycles. The summed E-state index contributed by atoms with van der Waals surface area (Å²) in [6.45, 7) is 8.10. The Morgan fingerprint density at radius 2 is 1.93 bits per heavy atom. The second-order valence-electron chi connectivity index (χ2n) is 6.71. The van der Waals surface area contributed by atoms with Crippen molar-refractivity contribution in [2.75, 3.05) is 5.32 Å². The number of carbonyl (C=O) groups excluding carboxylic acids is 1. The summed E-state index contributed by atoms with van der Waals surface area (Å²) in [5.74, 6) is 0.954. The van der Waals surface area contributed by atoms with Gasteiger partial charge in [0.15, 0.2) is 0 Å². The van der Waals surface area contributed by atoms with Gasteiger partial charge in [0.05, 0.1) is 0 Å². The summed E-state index contributed by atoms with van der Waals surface area (Å²) in [7, 11) is 0. The van der Waals surface area contributed by atoms with Crippen LogP contribution >= 0.6 is 0 Å². The molecule has 0 spiro atoms. The largest absolute Gasteiger partial charge is 0.335 e. The Kier molecular flexibility index (Phi) is 5.54. The van der Waals surface area contributed by atoms with Gasteiger partial charge in [0.1, 0.15) is 0 Å². The number of rotatable bonds is 5. The summed E-state index contributed by atoms with van der Waals surface area (Å²) in [6, 6.07) is 13.3. The fraction of sp³-hybridized carbons (Fsp3) is 0.286. The fourth-order valence-corrected chi connectivity index (χ4v) is 2.56. The standard InChI is InChI=1S/C21H24N4O2/c1-5-15(4)22-21(26)23-18-8-6-7-16(12-18)19-24-20(27-25-19)17-10-9-13(2)14(3)11-17/h6-12,15H,5H2,1-4H3,(H2,22,23,26)/t15-/m0/s1. The molecule has 0 aliphatic carbocycles. The first kappa shape index (κ1) is 18.6. The van der Waals surface area contributed by atoms with Crippen molar-refractivity contribution in [2.45, 2.75) is 40.2 Å². The van der Waals surface area contributed by atoms with E-state index in [1.165, 1.54) is 11.1 Å². The Morgan fingerprint density at radius 3 is 2.67 bits per heavy atom. The van der Waals surface area contributed by atoms with Crippen LogP contribution in [0.2, 0.25) is 0 Å². The normalized spacial score (nSPS) is 11.9. The molecule has 0 radical (unpaired) electrons. The first-order chi connectivity index (χ1) is 13.0. The third kappa shape index (κ3) is 4.53. The number of hydrogen-bond acceptors (Lipinski definition) is 4. The zero-order chi connectivity index (χ0) is 19.4. The van der Waals surface area contributed by atoms with E-state index in [1.807, 2.05) is 56.3 Å². The molecular weight excluding hydrogens is 340 g/mol. The number of amides is 2. The number of carbonyl (C=O) groups is 1. The van der Waals surface area contributed by atoms with Gasteiger partial charge in [-0.1, -0.05) is 30.3 Å². The lowest BCUT2D eigenvalue weighted by atomic mass is 10.1. The average molecular weight is 364 g/mol. The molecule has 3 rings (SSSR count). The van der Waals surface area contributed by atoms with Gasteiger partial charge in [-0.2, -0.15) is 4.98 Å². The maximum absolute atomic E-state index is 12.0. The SMILES string of the molecule is CC[C@H](C)NC(=O)Nc1cccc(-c2noc(-c3ccc(C)c(C)c3)n2)c1. The van der Waals surface area contributed by atoms with Gasteiger partial charge in [0.2, 0.25) is 5.82 Å². The topological polar surface area (TPSA) is 80.0 Å². The molecule has 1 atom stereocenters. The molecule has 2 aromatic carbocycles. The second-order valence-corrected chi connectivity index (χ2v) is 6.71. The minimum atomic E-state index is -0.231. The van der Waals surface area contributed by atoms with Gasteiger partial charge < -0.3 is 15.2 Å². The highest BCUT2D eigenvalue weighted by atomic mass is 16.5. The number of benzene rings is 2. The number of aromatic nitrogens is 2. The summed E-state index contributed by atoms with van der Waals surface area (Å²) in [5, 5.41) is 9.79. The van der Waals surface area contributed by atoms with Crippen molar-refractivity contribution >= 4 is 11.7 Å². The molecule has 2 N–H and O–H groups in total. The predicted octanol–water partition coefficient (Wildman–Crippen LogP) is 4.94. The molecule has 0 saturated carbocycles. The van der Waals surface area contributed by atoms with Gasteiger partial charge >= 0.3 is 6.03 Å². The lowest BCUT2D eigenvalue weighted by Gasteiger charge is -2.12. The van der Waals surface area contributed by atoms with Crippen LogP contribution in [0.5, 0.6) is 0 Å². The van der Waals surface area contributed by atoms with Crippen LogP contribution in [-0.4, -0.2) is 22.2 Å². The Hall–Kier alpha value is -3.15. The van der Waals surface area contributed by atoms with Crippen LogP contribution in [0.15, 0.2) is 47.0 Å². The predicted molar refractivity (Wildman–Crippen MR) is 107 cm³/mol. The molecule has 0 aliphatic rings. The molecule has 0 unspecified atom stereocenters. The van der Waals surface area contributed by atoms with Gasteiger partial charge in [0, 0.05) is 22.9 Å². The summed E-state index contributed by atoms with van der Waals surface area (Å²) in [6.07, 6.45) is 0.873. The highest BCUT2D eigenvalue weighted by molar-refractivity contribution is 5.90. The van der Waals surface area contributed by atoms with E-state index in [2.05, 4.69) is 34.6 Å². The quantitative estimate of drug-likeness (QED) is 0.672. The van der Waals surface area contributed by atoms with Crippen LogP contribution in [0.1, 0.15) is 31.4 Å². The number of nitrogens with one attached hydrogen (secondary N) is 2. The highest BCUT2D eigenvalue weighted by Gasteiger charge is 2.12. The molecule has 0 bridgehead atoms. The zero-order valence-electron chi connectivity index (χ0n) is 16.0. The van der Waals surface area contributed by atoms with Gasteiger partial charge in [-0.25, -0.2) is 4.79 Å². The van der Waals surface area contributed by atoms with Crippen LogP contribution < -0.4 is 10.6 Å². The number of urea groups is 1. The molecule has 6 heteroatoms. The van der Waals surface area contributed by atoms with Gasteiger partial charge in [-0.3, -0.25) is 0 Å². The fourth-order valence-electron chi connectivity index (χ4n) is 2.56. The van der Waals surface area contributed by atoms with Crippen LogP contribution in [-0.2, 0) is 0 Å². The van der Waals surface area contributed by atoms with Gasteiger partial charge in [0.25, 0.3) is 5.89 Å². The smallest absolute Gasteiger partial charge is 0.319 e. The van der Waals surface area contributed by atoms with Crippen LogP contribution in [0, 0.1) is 13.8 Å².